The van der Waals surface area contributed by atoms with E-state index in [0.29, 0.717) is 26.2 Å². The molecule has 1 aromatic heterocycles. The molecule has 2 heterocycles. The monoisotopic (exact) mass is 375 g/mol. The summed E-state index contributed by atoms with van der Waals surface area (Å²) in [5, 5.41) is 4.19. The first-order chi connectivity index (χ1) is 13.0. The Bertz CT molecular complexity index is 695. The minimum atomic E-state index is -0.568. The van der Waals surface area contributed by atoms with E-state index >= 15 is 0 Å². The van der Waals surface area contributed by atoms with Crippen LogP contribution in [-0.2, 0) is 28.0 Å². The topological polar surface area (TPSA) is 78.8 Å². The van der Waals surface area contributed by atoms with Crippen LogP contribution in [0, 0.1) is 0 Å². The van der Waals surface area contributed by atoms with Gasteiger partial charge in [-0.1, -0.05) is 19.3 Å². The molecule has 1 saturated heterocycles. The van der Waals surface area contributed by atoms with E-state index in [2.05, 4.69) is 5.10 Å². The molecular formula is C19H29N5O3. The van der Waals surface area contributed by atoms with Crippen LogP contribution in [0.3, 0.4) is 0 Å². The molecule has 2 fully saturated rings. The smallest absolute Gasteiger partial charge is 0.312 e. The van der Waals surface area contributed by atoms with Crippen molar-refractivity contribution in [3.63, 3.8) is 0 Å². The van der Waals surface area contributed by atoms with Crippen molar-refractivity contribution in [3.8, 4) is 0 Å². The number of nitrogens with zero attached hydrogens (tertiary/aromatic N) is 5. The average Bonchev–Trinajstić information content (AvgIpc) is 3.09. The predicted octanol–water partition coefficient (Wildman–Crippen LogP) is 0.772. The number of amides is 3. The summed E-state index contributed by atoms with van der Waals surface area (Å²) in [4.78, 5) is 42.4. The molecule has 1 saturated carbocycles. The lowest BCUT2D eigenvalue weighted by Crippen LogP contribution is -2.57. The van der Waals surface area contributed by atoms with Gasteiger partial charge in [0.2, 0.25) is 5.91 Å². The first-order valence-corrected chi connectivity index (χ1v) is 9.84. The van der Waals surface area contributed by atoms with E-state index in [9.17, 15) is 14.4 Å². The van der Waals surface area contributed by atoms with Crippen LogP contribution in [0.25, 0.3) is 0 Å². The fourth-order valence-electron chi connectivity index (χ4n) is 3.99. The van der Waals surface area contributed by atoms with Gasteiger partial charge in [-0.15, -0.1) is 0 Å². The maximum Gasteiger partial charge on any atom is 0.312 e. The molecule has 3 amide bonds. The van der Waals surface area contributed by atoms with Crippen molar-refractivity contribution in [1.82, 2.24) is 24.5 Å². The Balaban J connectivity index is 1.70. The van der Waals surface area contributed by atoms with Crippen LogP contribution in [0.1, 0.15) is 44.6 Å². The van der Waals surface area contributed by atoms with Gasteiger partial charge in [-0.25, -0.2) is 0 Å². The summed E-state index contributed by atoms with van der Waals surface area (Å²) in [7, 11) is 1.85. The van der Waals surface area contributed by atoms with Gasteiger partial charge < -0.3 is 14.7 Å². The zero-order valence-corrected chi connectivity index (χ0v) is 16.3. The Labute approximate surface area is 160 Å². The molecule has 3 rings (SSSR count). The molecule has 0 bridgehead atoms. The van der Waals surface area contributed by atoms with Gasteiger partial charge in [-0.05, 0) is 19.8 Å². The van der Waals surface area contributed by atoms with Crippen LogP contribution < -0.4 is 0 Å². The lowest BCUT2D eigenvalue weighted by molar-refractivity contribution is -0.158. The van der Waals surface area contributed by atoms with Crippen molar-refractivity contribution in [1.29, 1.82) is 0 Å². The normalized spacial score (nSPS) is 18.9. The Morgan fingerprint density at radius 1 is 1.15 bits per heavy atom. The molecule has 0 atom stereocenters. The molecule has 0 aromatic carbocycles. The van der Waals surface area contributed by atoms with E-state index in [1.54, 1.807) is 10.9 Å². The van der Waals surface area contributed by atoms with Crippen molar-refractivity contribution in [2.45, 2.75) is 51.6 Å². The number of carbonyl (C=O) groups is 3. The highest BCUT2D eigenvalue weighted by atomic mass is 16.2. The Morgan fingerprint density at radius 3 is 2.44 bits per heavy atom. The van der Waals surface area contributed by atoms with Gasteiger partial charge in [-0.2, -0.15) is 5.10 Å². The first-order valence-electron chi connectivity index (χ1n) is 9.84. The zero-order chi connectivity index (χ0) is 19.4. The average molecular weight is 375 g/mol. The van der Waals surface area contributed by atoms with Crippen molar-refractivity contribution in [2.75, 3.05) is 26.2 Å². The van der Waals surface area contributed by atoms with Gasteiger partial charge in [0, 0.05) is 51.0 Å². The van der Waals surface area contributed by atoms with Crippen molar-refractivity contribution in [2.24, 2.45) is 7.05 Å². The summed E-state index contributed by atoms with van der Waals surface area (Å²) < 4.78 is 1.73. The van der Waals surface area contributed by atoms with Gasteiger partial charge in [0.25, 0.3) is 0 Å². The quantitative estimate of drug-likeness (QED) is 0.688. The number of carbonyl (C=O) groups excluding carboxylic acids is 3. The molecule has 1 aliphatic carbocycles. The number of aromatic nitrogens is 2. The molecule has 2 aliphatic rings. The van der Waals surface area contributed by atoms with Gasteiger partial charge in [0.15, 0.2) is 0 Å². The number of hydrogen-bond acceptors (Lipinski definition) is 4. The second-order valence-corrected chi connectivity index (χ2v) is 7.45. The highest BCUT2D eigenvalue weighted by Gasteiger charge is 2.34. The molecule has 0 unspecified atom stereocenters. The van der Waals surface area contributed by atoms with Gasteiger partial charge in [0.05, 0.1) is 6.20 Å². The SMILES string of the molecule is CCN1CCN(CC(=O)N(Cc2cnn(C)c2)C2CCCCC2)C(=O)C1=O. The van der Waals surface area contributed by atoms with Crippen molar-refractivity contribution in [3.05, 3.63) is 18.0 Å². The lowest BCUT2D eigenvalue weighted by Gasteiger charge is -2.37. The fourth-order valence-corrected chi connectivity index (χ4v) is 3.99. The molecule has 0 N–H and O–H groups in total. The van der Waals surface area contributed by atoms with Gasteiger partial charge >= 0.3 is 11.8 Å². The minimum Gasteiger partial charge on any atom is -0.334 e. The maximum absolute atomic E-state index is 13.1. The van der Waals surface area contributed by atoms with E-state index in [-0.39, 0.29) is 18.5 Å². The van der Waals surface area contributed by atoms with Crippen LogP contribution in [0.5, 0.6) is 0 Å². The number of piperazine rings is 1. The summed E-state index contributed by atoms with van der Waals surface area (Å²) in [5.41, 5.74) is 0.981. The Kier molecular flexibility index (Phi) is 6.13. The zero-order valence-electron chi connectivity index (χ0n) is 16.3. The number of likely N-dealkylation sites (N-methyl/N-ethyl adjacent to an activating group) is 1. The summed E-state index contributed by atoms with van der Waals surface area (Å²) in [6, 6.07) is 0.189. The third-order valence-corrected chi connectivity index (χ3v) is 5.55. The van der Waals surface area contributed by atoms with Crippen LogP contribution in [-0.4, -0.2) is 74.4 Å². The van der Waals surface area contributed by atoms with Crippen molar-refractivity contribution < 1.29 is 14.4 Å². The van der Waals surface area contributed by atoms with Crippen LogP contribution in [0.2, 0.25) is 0 Å². The summed E-state index contributed by atoms with van der Waals surface area (Å²) in [5.74, 6) is -1.16. The molecule has 8 nitrogen and oxygen atoms in total. The highest BCUT2D eigenvalue weighted by molar-refractivity contribution is 6.35. The summed E-state index contributed by atoms with van der Waals surface area (Å²) in [6.07, 6.45) is 9.11. The van der Waals surface area contributed by atoms with Gasteiger partial charge in [-0.3, -0.25) is 19.1 Å². The summed E-state index contributed by atoms with van der Waals surface area (Å²) in [6.45, 7) is 3.73. The van der Waals surface area contributed by atoms with Crippen LogP contribution in [0.4, 0.5) is 0 Å². The fraction of sp³-hybridized carbons (Fsp3) is 0.684. The first kappa shape index (κ1) is 19.4. The van der Waals surface area contributed by atoms with Gasteiger partial charge in [0.1, 0.15) is 6.54 Å². The second-order valence-electron chi connectivity index (χ2n) is 7.45. The Hall–Kier alpha value is -2.38. The Morgan fingerprint density at radius 2 is 1.81 bits per heavy atom. The molecular weight excluding hydrogens is 346 g/mol. The number of rotatable bonds is 6. The lowest BCUT2D eigenvalue weighted by atomic mass is 9.94. The van der Waals surface area contributed by atoms with Crippen molar-refractivity contribution >= 4 is 17.7 Å². The molecule has 1 aromatic rings. The predicted molar refractivity (Wildman–Crippen MR) is 99.5 cm³/mol. The standard InChI is InChI=1S/C19H29N5O3/c1-3-22-9-10-23(19(27)18(22)26)14-17(25)24(16-7-5-4-6-8-16)13-15-11-20-21(2)12-15/h11-12,16H,3-10,13-14H2,1-2H3. The molecule has 1 aliphatic heterocycles. The summed E-state index contributed by atoms with van der Waals surface area (Å²) >= 11 is 0. The van der Waals surface area contributed by atoms with E-state index < -0.39 is 11.8 Å². The van der Waals surface area contributed by atoms with E-state index in [0.717, 1.165) is 31.2 Å². The van der Waals surface area contributed by atoms with E-state index in [1.165, 1.54) is 16.2 Å². The van der Waals surface area contributed by atoms with E-state index in [1.807, 2.05) is 25.1 Å². The van der Waals surface area contributed by atoms with Crippen LogP contribution in [0.15, 0.2) is 12.4 Å². The highest BCUT2D eigenvalue weighted by Crippen LogP contribution is 2.24. The van der Waals surface area contributed by atoms with Crippen LogP contribution >= 0.6 is 0 Å². The molecule has 0 spiro atoms. The molecule has 27 heavy (non-hydrogen) atoms. The third-order valence-electron chi connectivity index (χ3n) is 5.55. The minimum absolute atomic E-state index is 0.0289. The number of hydrogen-bond donors (Lipinski definition) is 0. The molecule has 148 valence electrons. The van der Waals surface area contributed by atoms with E-state index in [4.69, 9.17) is 0 Å². The number of aryl methyl sites for hydroxylation is 1. The largest absolute Gasteiger partial charge is 0.334 e. The maximum atomic E-state index is 13.1. The molecule has 8 heteroatoms. The molecule has 0 radical (unpaired) electrons. The third kappa shape index (κ3) is 4.48. The second kappa shape index (κ2) is 8.54.